The molecule has 0 aromatic rings. The van der Waals surface area contributed by atoms with Crippen LogP contribution in [0.2, 0.25) is 0 Å². The Morgan fingerprint density at radius 1 is 1.20 bits per heavy atom. The number of amides is 1. The number of rotatable bonds is 4. The lowest BCUT2D eigenvalue weighted by atomic mass is 10.1. The van der Waals surface area contributed by atoms with E-state index >= 15 is 0 Å². The van der Waals surface area contributed by atoms with E-state index in [9.17, 15) is 18.0 Å². The van der Waals surface area contributed by atoms with Crippen LogP contribution in [-0.4, -0.2) is 67.2 Å². The Balaban J connectivity index is 1.66. The lowest BCUT2D eigenvalue weighted by molar-refractivity contribution is -0.151. The molecule has 1 atom stereocenters. The molecule has 0 aromatic heterocycles. The van der Waals surface area contributed by atoms with Crippen molar-refractivity contribution in [3.05, 3.63) is 0 Å². The summed E-state index contributed by atoms with van der Waals surface area (Å²) in [4.78, 5) is 15.1. The zero-order chi connectivity index (χ0) is 14.6. The van der Waals surface area contributed by atoms with Gasteiger partial charge in [-0.3, -0.25) is 9.69 Å². The highest BCUT2D eigenvalue weighted by atomic mass is 19.4. The first-order valence-electron chi connectivity index (χ1n) is 7.24. The molecular weight excluding hydrogens is 271 g/mol. The summed E-state index contributed by atoms with van der Waals surface area (Å²) in [7, 11) is 0. The van der Waals surface area contributed by atoms with E-state index in [-0.39, 0.29) is 5.91 Å². The first kappa shape index (κ1) is 15.6. The predicted octanol–water partition coefficient (Wildman–Crippen LogP) is 1.23. The van der Waals surface area contributed by atoms with Gasteiger partial charge in [-0.2, -0.15) is 13.2 Å². The summed E-state index contributed by atoms with van der Waals surface area (Å²) in [6, 6.07) is 0.436. The maximum Gasteiger partial charge on any atom is 0.401 e. The molecule has 116 valence electrons. The molecule has 2 heterocycles. The highest BCUT2D eigenvalue weighted by Crippen LogP contribution is 2.18. The summed E-state index contributed by atoms with van der Waals surface area (Å²) in [6.45, 7) is 1.59. The van der Waals surface area contributed by atoms with Crippen LogP contribution in [0.3, 0.4) is 0 Å². The van der Waals surface area contributed by atoms with Gasteiger partial charge in [0.25, 0.3) is 0 Å². The Morgan fingerprint density at radius 3 is 2.45 bits per heavy atom. The van der Waals surface area contributed by atoms with Gasteiger partial charge >= 0.3 is 6.18 Å². The summed E-state index contributed by atoms with van der Waals surface area (Å²) < 4.78 is 36.8. The number of nitrogens with one attached hydrogen (secondary N) is 1. The number of carbonyl (C=O) groups excluding carboxylic acids is 1. The van der Waals surface area contributed by atoms with E-state index in [0.29, 0.717) is 38.6 Å². The van der Waals surface area contributed by atoms with Gasteiger partial charge in [0.2, 0.25) is 5.91 Å². The number of piperazine rings is 1. The topological polar surface area (TPSA) is 35.6 Å². The molecule has 1 unspecified atom stereocenters. The molecule has 1 N–H and O–H groups in total. The quantitative estimate of drug-likeness (QED) is 0.847. The van der Waals surface area contributed by atoms with Gasteiger partial charge in [-0.15, -0.1) is 0 Å². The average molecular weight is 293 g/mol. The van der Waals surface area contributed by atoms with Gasteiger partial charge in [-0.05, 0) is 25.8 Å². The highest BCUT2D eigenvalue weighted by Gasteiger charge is 2.32. The van der Waals surface area contributed by atoms with E-state index in [0.717, 1.165) is 25.8 Å². The van der Waals surface area contributed by atoms with Crippen LogP contribution in [0.1, 0.15) is 25.7 Å². The van der Waals surface area contributed by atoms with Crippen LogP contribution in [0.25, 0.3) is 0 Å². The summed E-state index contributed by atoms with van der Waals surface area (Å²) in [5.74, 6) is 0.0744. The number of nitrogens with zero attached hydrogens (tertiary/aromatic N) is 2. The van der Waals surface area contributed by atoms with Gasteiger partial charge < -0.3 is 10.2 Å². The van der Waals surface area contributed by atoms with Crippen molar-refractivity contribution in [1.29, 1.82) is 0 Å². The highest BCUT2D eigenvalue weighted by molar-refractivity contribution is 5.76. The van der Waals surface area contributed by atoms with Crippen LogP contribution < -0.4 is 5.32 Å². The predicted molar refractivity (Wildman–Crippen MR) is 69.3 cm³/mol. The van der Waals surface area contributed by atoms with Crippen molar-refractivity contribution in [3.63, 3.8) is 0 Å². The van der Waals surface area contributed by atoms with Crippen molar-refractivity contribution in [2.45, 2.75) is 37.9 Å². The number of hydrogen-bond acceptors (Lipinski definition) is 3. The zero-order valence-corrected chi connectivity index (χ0v) is 11.6. The molecule has 0 aliphatic carbocycles. The molecule has 0 radical (unpaired) electrons. The monoisotopic (exact) mass is 293 g/mol. The maximum absolute atomic E-state index is 12.3. The standard InChI is InChI=1S/C13H22F3N3O/c14-13(15,16)10-18-6-8-19(9-7-18)12(20)4-3-11-2-1-5-17-11/h11,17H,1-10H2. The molecule has 2 aliphatic rings. The molecular formula is C13H22F3N3O. The maximum atomic E-state index is 12.3. The van der Waals surface area contributed by atoms with Crippen molar-refractivity contribution >= 4 is 5.91 Å². The molecule has 2 rings (SSSR count). The third kappa shape index (κ3) is 4.94. The van der Waals surface area contributed by atoms with E-state index in [2.05, 4.69) is 5.32 Å². The van der Waals surface area contributed by atoms with Crippen molar-refractivity contribution in [2.75, 3.05) is 39.3 Å². The van der Waals surface area contributed by atoms with E-state index in [1.807, 2.05) is 0 Å². The molecule has 0 aromatic carbocycles. The average Bonchev–Trinajstić information content (AvgIpc) is 2.88. The normalized spacial score (nSPS) is 25.1. The number of carbonyl (C=O) groups is 1. The van der Waals surface area contributed by atoms with Crippen molar-refractivity contribution < 1.29 is 18.0 Å². The minimum Gasteiger partial charge on any atom is -0.340 e. The van der Waals surface area contributed by atoms with Crippen LogP contribution >= 0.6 is 0 Å². The number of halogens is 3. The lowest BCUT2D eigenvalue weighted by Crippen LogP contribution is -2.51. The Morgan fingerprint density at radius 2 is 1.90 bits per heavy atom. The molecule has 0 bridgehead atoms. The Labute approximate surface area is 117 Å². The first-order chi connectivity index (χ1) is 9.44. The summed E-state index contributed by atoms with van der Waals surface area (Å²) in [6.07, 6.45) is -0.541. The van der Waals surface area contributed by atoms with Crippen molar-refractivity contribution in [1.82, 2.24) is 15.1 Å². The van der Waals surface area contributed by atoms with E-state index in [1.165, 1.54) is 4.90 Å². The summed E-state index contributed by atoms with van der Waals surface area (Å²) >= 11 is 0. The van der Waals surface area contributed by atoms with Gasteiger partial charge in [0.1, 0.15) is 0 Å². The molecule has 7 heteroatoms. The molecule has 0 saturated carbocycles. The third-order valence-corrected chi connectivity index (χ3v) is 4.00. The molecule has 4 nitrogen and oxygen atoms in total. The van der Waals surface area contributed by atoms with Crippen LogP contribution in [0.15, 0.2) is 0 Å². The minimum atomic E-state index is -4.15. The van der Waals surface area contributed by atoms with Gasteiger partial charge in [0.15, 0.2) is 0 Å². The Kier molecular flexibility index (Phi) is 5.26. The first-order valence-corrected chi connectivity index (χ1v) is 7.24. The molecule has 0 spiro atoms. The number of alkyl halides is 3. The van der Waals surface area contributed by atoms with Gasteiger partial charge in [-0.1, -0.05) is 0 Å². The van der Waals surface area contributed by atoms with E-state index < -0.39 is 12.7 Å². The fraction of sp³-hybridized carbons (Fsp3) is 0.923. The molecule has 2 aliphatic heterocycles. The van der Waals surface area contributed by atoms with E-state index in [4.69, 9.17) is 0 Å². The van der Waals surface area contributed by atoms with Crippen molar-refractivity contribution in [3.8, 4) is 0 Å². The minimum absolute atomic E-state index is 0.0744. The van der Waals surface area contributed by atoms with Crippen molar-refractivity contribution in [2.24, 2.45) is 0 Å². The Bertz CT molecular complexity index is 321. The molecule has 2 saturated heterocycles. The van der Waals surface area contributed by atoms with Gasteiger partial charge in [0.05, 0.1) is 6.54 Å². The third-order valence-electron chi connectivity index (χ3n) is 4.00. The van der Waals surface area contributed by atoms with Crippen LogP contribution in [0.5, 0.6) is 0 Å². The fourth-order valence-electron chi connectivity index (χ4n) is 2.87. The van der Waals surface area contributed by atoms with Gasteiger partial charge in [0, 0.05) is 38.6 Å². The largest absolute Gasteiger partial charge is 0.401 e. The van der Waals surface area contributed by atoms with Crippen LogP contribution in [0.4, 0.5) is 13.2 Å². The molecule has 1 amide bonds. The molecule has 20 heavy (non-hydrogen) atoms. The van der Waals surface area contributed by atoms with Crippen LogP contribution in [0, 0.1) is 0 Å². The van der Waals surface area contributed by atoms with Crippen LogP contribution in [-0.2, 0) is 4.79 Å². The summed E-state index contributed by atoms with van der Waals surface area (Å²) in [5.41, 5.74) is 0. The number of hydrogen-bond donors (Lipinski definition) is 1. The smallest absolute Gasteiger partial charge is 0.340 e. The molecule has 2 fully saturated rings. The Hall–Kier alpha value is -0.820. The van der Waals surface area contributed by atoms with E-state index in [1.54, 1.807) is 4.90 Å². The SMILES string of the molecule is O=C(CCC1CCCN1)N1CCN(CC(F)(F)F)CC1. The van der Waals surface area contributed by atoms with Gasteiger partial charge in [-0.25, -0.2) is 0 Å². The summed E-state index contributed by atoms with van der Waals surface area (Å²) in [5, 5.41) is 3.34. The zero-order valence-electron chi connectivity index (χ0n) is 11.6. The second kappa shape index (κ2) is 6.76. The second-order valence-electron chi connectivity index (χ2n) is 5.60. The fourth-order valence-corrected chi connectivity index (χ4v) is 2.87. The second-order valence-corrected chi connectivity index (χ2v) is 5.60. The lowest BCUT2D eigenvalue weighted by Gasteiger charge is -2.35.